The molecule has 0 saturated heterocycles. The van der Waals surface area contributed by atoms with E-state index in [1.165, 1.54) is 12.1 Å². The van der Waals surface area contributed by atoms with E-state index < -0.39 is 0 Å². The fourth-order valence-corrected chi connectivity index (χ4v) is 2.86. The van der Waals surface area contributed by atoms with E-state index in [0.717, 1.165) is 10.6 Å². The average molecular weight is 316 g/mol. The van der Waals surface area contributed by atoms with Gasteiger partial charge in [0.2, 0.25) is 0 Å². The minimum atomic E-state index is -0.273. The largest absolute Gasteiger partial charge is 0.271 e. The molecule has 90 valence electrons. The molecule has 0 fully saturated rings. The van der Waals surface area contributed by atoms with Crippen molar-refractivity contribution in [1.29, 1.82) is 0 Å². The third-order valence-electron chi connectivity index (χ3n) is 2.40. The average Bonchev–Trinajstić information content (AvgIpc) is 2.79. The zero-order chi connectivity index (χ0) is 12.3. The van der Waals surface area contributed by atoms with Crippen LogP contribution in [0.4, 0.5) is 4.39 Å². The maximum absolute atomic E-state index is 13.0. The predicted molar refractivity (Wildman–Crippen MR) is 70.0 cm³/mol. The Morgan fingerprint density at radius 3 is 2.94 bits per heavy atom. The van der Waals surface area contributed by atoms with Crippen molar-refractivity contribution in [2.24, 2.45) is 5.84 Å². The Morgan fingerprint density at radius 2 is 2.35 bits per heavy atom. The van der Waals surface area contributed by atoms with Crippen LogP contribution in [0.5, 0.6) is 0 Å². The molecule has 0 aliphatic rings. The lowest BCUT2D eigenvalue weighted by Crippen LogP contribution is -2.29. The van der Waals surface area contributed by atoms with Gasteiger partial charge in [-0.2, -0.15) is 0 Å². The summed E-state index contributed by atoms with van der Waals surface area (Å²) in [6, 6.07) is 4.49. The second kappa shape index (κ2) is 5.68. The highest BCUT2D eigenvalue weighted by molar-refractivity contribution is 9.10. The lowest BCUT2D eigenvalue weighted by molar-refractivity contribution is 0.546. The van der Waals surface area contributed by atoms with Gasteiger partial charge in [0.25, 0.3) is 0 Å². The maximum atomic E-state index is 13.0. The Labute approximate surface area is 111 Å². The fourth-order valence-electron chi connectivity index (χ4n) is 1.57. The van der Waals surface area contributed by atoms with Crippen molar-refractivity contribution in [3.05, 3.63) is 50.6 Å². The number of hydrogen-bond donors (Lipinski definition) is 2. The van der Waals surface area contributed by atoms with Crippen LogP contribution in [0.3, 0.4) is 0 Å². The number of halogens is 2. The minimum absolute atomic E-state index is 0.0869. The molecule has 3 nitrogen and oxygen atoms in total. The van der Waals surface area contributed by atoms with E-state index in [2.05, 4.69) is 26.3 Å². The van der Waals surface area contributed by atoms with Gasteiger partial charge in [-0.3, -0.25) is 11.3 Å². The molecule has 1 heterocycles. The number of thiazole rings is 1. The summed E-state index contributed by atoms with van der Waals surface area (Å²) in [6.07, 6.45) is 2.44. The summed E-state index contributed by atoms with van der Waals surface area (Å²) < 4.78 is 13.7. The van der Waals surface area contributed by atoms with Gasteiger partial charge in [-0.15, -0.1) is 11.3 Å². The van der Waals surface area contributed by atoms with Crippen molar-refractivity contribution >= 4 is 27.3 Å². The Bertz CT molecular complexity index is 489. The van der Waals surface area contributed by atoms with E-state index in [9.17, 15) is 4.39 Å². The van der Waals surface area contributed by atoms with Gasteiger partial charge >= 0.3 is 0 Å². The van der Waals surface area contributed by atoms with Crippen molar-refractivity contribution in [1.82, 2.24) is 10.4 Å². The van der Waals surface area contributed by atoms with E-state index in [1.807, 2.05) is 5.38 Å². The topological polar surface area (TPSA) is 50.9 Å². The molecule has 0 spiro atoms. The first-order valence-electron chi connectivity index (χ1n) is 5.00. The van der Waals surface area contributed by atoms with E-state index in [-0.39, 0.29) is 11.9 Å². The molecule has 3 N–H and O–H groups in total. The Morgan fingerprint density at radius 1 is 1.53 bits per heavy atom. The molecular formula is C11H11BrFN3S. The molecule has 0 aliphatic carbocycles. The molecule has 1 atom stereocenters. The monoisotopic (exact) mass is 315 g/mol. The van der Waals surface area contributed by atoms with Crippen molar-refractivity contribution in [3.8, 4) is 0 Å². The van der Waals surface area contributed by atoms with Crippen LogP contribution in [0.2, 0.25) is 0 Å². The molecule has 2 aromatic rings. The summed E-state index contributed by atoms with van der Waals surface area (Å²) in [5, 5.41) is 2.91. The Kier molecular flexibility index (Phi) is 4.22. The summed E-state index contributed by atoms with van der Waals surface area (Å²) in [6.45, 7) is 0. The van der Waals surface area contributed by atoms with Crippen molar-refractivity contribution < 1.29 is 4.39 Å². The van der Waals surface area contributed by atoms with E-state index in [1.54, 1.807) is 23.6 Å². The highest BCUT2D eigenvalue weighted by atomic mass is 79.9. The summed E-state index contributed by atoms with van der Waals surface area (Å²) in [5.74, 6) is 5.27. The van der Waals surface area contributed by atoms with Crippen LogP contribution in [0.25, 0.3) is 0 Å². The van der Waals surface area contributed by atoms with Crippen LogP contribution in [0, 0.1) is 5.82 Å². The summed E-state index contributed by atoms with van der Waals surface area (Å²) in [4.78, 5) is 4.21. The van der Waals surface area contributed by atoms with Crippen LogP contribution >= 0.6 is 27.3 Å². The molecule has 1 unspecified atom stereocenters. The van der Waals surface area contributed by atoms with Crippen LogP contribution in [-0.2, 0) is 6.42 Å². The minimum Gasteiger partial charge on any atom is -0.271 e. The van der Waals surface area contributed by atoms with Crippen LogP contribution in [0.15, 0.2) is 34.2 Å². The summed E-state index contributed by atoms with van der Waals surface area (Å²) >= 11 is 4.91. The smallest absolute Gasteiger partial charge is 0.124 e. The molecule has 0 radical (unpaired) electrons. The number of benzene rings is 1. The molecule has 6 heteroatoms. The Hall–Kier alpha value is -0.820. The van der Waals surface area contributed by atoms with Gasteiger partial charge < -0.3 is 0 Å². The number of aromatic nitrogens is 1. The van der Waals surface area contributed by atoms with E-state index in [4.69, 9.17) is 5.84 Å². The van der Waals surface area contributed by atoms with Gasteiger partial charge in [0.15, 0.2) is 0 Å². The normalized spacial score (nSPS) is 12.6. The number of nitrogens with two attached hydrogens (primary N) is 1. The molecule has 0 bridgehead atoms. The van der Waals surface area contributed by atoms with Crippen molar-refractivity contribution in [3.63, 3.8) is 0 Å². The maximum Gasteiger partial charge on any atom is 0.124 e. The molecule has 0 aliphatic heterocycles. The van der Waals surface area contributed by atoms with Crippen molar-refractivity contribution in [2.75, 3.05) is 0 Å². The van der Waals surface area contributed by atoms with E-state index >= 15 is 0 Å². The first-order chi connectivity index (χ1) is 8.20. The van der Waals surface area contributed by atoms with Crippen LogP contribution in [-0.4, -0.2) is 4.98 Å². The zero-order valence-corrected chi connectivity index (χ0v) is 11.3. The molecule has 1 aromatic carbocycles. The summed E-state index contributed by atoms with van der Waals surface area (Å²) in [7, 11) is 0. The van der Waals surface area contributed by atoms with Gasteiger partial charge in [-0.1, -0.05) is 22.0 Å². The molecule has 2 rings (SSSR count). The lowest BCUT2D eigenvalue weighted by atomic mass is 10.0. The molecule has 17 heavy (non-hydrogen) atoms. The van der Waals surface area contributed by atoms with Crippen LogP contribution in [0.1, 0.15) is 16.6 Å². The summed E-state index contributed by atoms with van der Waals surface area (Å²) in [5.41, 5.74) is 3.65. The lowest BCUT2D eigenvalue weighted by Gasteiger charge is -2.16. The van der Waals surface area contributed by atoms with Crippen molar-refractivity contribution in [2.45, 2.75) is 12.5 Å². The molecule has 0 saturated carbocycles. The van der Waals surface area contributed by atoms with Crippen LogP contribution < -0.4 is 11.3 Å². The number of rotatable bonds is 4. The molecule has 0 amide bonds. The first kappa shape index (κ1) is 12.6. The molecular weight excluding hydrogens is 305 g/mol. The third kappa shape index (κ3) is 3.10. The number of nitrogens with zero attached hydrogens (tertiary/aromatic N) is 1. The number of nitrogens with one attached hydrogen (secondary N) is 1. The highest BCUT2D eigenvalue weighted by Gasteiger charge is 2.15. The van der Waals surface area contributed by atoms with Gasteiger partial charge in [-0.05, 0) is 17.7 Å². The quantitative estimate of drug-likeness (QED) is 0.674. The van der Waals surface area contributed by atoms with Gasteiger partial charge in [0.05, 0.1) is 11.0 Å². The fraction of sp³-hybridized carbons (Fsp3) is 0.182. The van der Waals surface area contributed by atoms with Gasteiger partial charge in [-0.25, -0.2) is 9.37 Å². The zero-order valence-electron chi connectivity index (χ0n) is 8.86. The second-order valence-corrected chi connectivity index (χ2v) is 5.35. The van der Waals surface area contributed by atoms with E-state index in [0.29, 0.717) is 10.9 Å². The molecule has 1 aromatic heterocycles. The van der Waals surface area contributed by atoms with Gasteiger partial charge in [0, 0.05) is 22.5 Å². The highest BCUT2D eigenvalue weighted by Crippen LogP contribution is 2.26. The first-order valence-corrected chi connectivity index (χ1v) is 6.67. The second-order valence-electron chi connectivity index (χ2n) is 3.52. The standard InChI is InChI=1S/C11H11BrFN3S/c12-9-5-7(13)1-2-8(9)10(16-14)6-11-15-3-4-17-11/h1-5,10,16H,6,14H2. The predicted octanol–water partition coefficient (Wildman–Crippen LogP) is 2.79. The Balaban J connectivity index is 2.23. The number of hydrazine groups is 1. The SMILES string of the molecule is NNC(Cc1nccs1)c1ccc(F)cc1Br. The number of hydrogen-bond acceptors (Lipinski definition) is 4. The third-order valence-corrected chi connectivity index (χ3v) is 3.89. The van der Waals surface area contributed by atoms with Gasteiger partial charge in [0.1, 0.15) is 5.82 Å².